The molecule has 0 spiro atoms. The van der Waals surface area contributed by atoms with Crippen LogP contribution in [0.2, 0.25) is 0 Å². The third kappa shape index (κ3) is 37.8. The summed E-state index contributed by atoms with van der Waals surface area (Å²) in [5.41, 5.74) is 4.60. The molecule has 0 aliphatic heterocycles. The molecule has 6 heterocycles. The molecule has 0 aliphatic rings. The zero-order valence-electron chi connectivity index (χ0n) is 87.0. The van der Waals surface area contributed by atoms with E-state index in [4.69, 9.17) is 27.1 Å². The Morgan fingerprint density at radius 3 is 0.690 bits per heavy atom. The summed E-state index contributed by atoms with van der Waals surface area (Å²) in [6.07, 6.45) is 17.4. The molecule has 30 nitrogen and oxygen atoms in total. The van der Waals surface area contributed by atoms with E-state index in [1.54, 1.807) is 18.2 Å². The maximum absolute atomic E-state index is 12.5. The minimum atomic E-state index is -0.172. The highest BCUT2D eigenvalue weighted by atomic mass is 16.5. The molecule has 30 heteroatoms. The molecule has 738 valence electrons. The number of aromatic nitrogens is 6. The topological polar surface area (TPSA) is 350 Å². The van der Waals surface area contributed by atoms with E-state index in [-0.39, 0.29) is 68.7 Å². The van der Waals surface area contributed by atoms with E-state index in [0.717, 1.165) is 245 Å². The van der Waals surface area contributed by atoms with Crippen LogP contribution in [0.4, 0.5) is 0 Å². The number of nitrogens with zero attached hydrogens (tertiary/aromatic N) is 12. The van der Waals surface area contributed by atoms with Gasteiger partial charge in [-0.3, -0.25) is 58.2 Å². The summed E-state index contributed by atoms with van der Waals surface area (Å²) in [5, 5.41) is 41.2. The molecule has 0 fully saturated rings. The van der Waals surface area contributed by atoms with Gasteiger partial charge in [-0.05, 0) is 219 Å². The van der Waals surface area contributed by atoms with Crippen LogP contribution in [0.15, 0.2) is 45.3 Å². The molecule has 0 aliphatic carbocycles. The number of hydrogen-bond acceptors (Lipinski definition) is 24. The van der Waals surface area contributed by atoms with Gasteiger partial charge in [0.15, 0.2) is 34.2 Å². The zero-order chi connectivity index (χ0) is 97.9. The molecule has 6 aromatic heterocycles. The average molecular weight is 1810 g/mol. The first-order valence-electron chi connectivity index (χ1n) is 49.1. The van der Waals surface area contributed by atoms with Crippen molar-refractivity contribution in [3.8, 4) is 0 Å². The van der Waals surface area contributed by atoms with Crippen LogP contribution in [0.3, 0.4) is 0 Å². The molecule has 0 radical (unpaired) electrons. The van der Waals surface area contributed by atoms with Gasteiger partial charge in [-0.25, -0.2) is 0 Å². The van der Waals surface area contributed by atoms with Crippen molar-refractivity contribution >= 4 is 35.4 Å². The van der Waals surface area contributed by atoms with Crippen LogP contribution in [0, 0.1) is 20.8 Å². The van der Waals surface area contributed by atoms with E-state index in [9.17, 15) is 28.8 Å². The lowest BCUT2D eigenvalue weighted by Crippen LogP contribution is -2.54. The maximum atomic E-state index is 12.5. The largest absolute Gasteiger partial charge is 0.361 e. The molecule has 6 aromatic rings. The molecule has 6 rings (SSSR count). The Balaban J connectivity index is 0.000000774. The van der Waals surface area contributed by atoms with Crippen molar-refractivity contribution in [1.82, 2.24) is 92.2 Å². The highest BCUT2D eigenvalue weighted by Gasteiger charge is 2.36. The fraction of sp³-hybridized carbons (Fsp3) is 0.758. The normalized spacial score (nSPS) is 13.4. The van der Waals surface area contributed by atoms with Gasteiger partial charge in [0.2, 0.25) is 0 Å². The quantitative estimate of drug-likeness (QED) is 0.0207. The third-order valence-electron chi connectivity index (χ3n) is 25.1. The van der Waals surface area contributed by atoms with E-state index in [0.29, 0.717) is 73.4 Å². The van der Waals surface area contributed by atoms with Crippen LogP contribution in [0.5, 0.6) is 0 Å². The number of carbonyl (C=O) groups excluding carboxylic acids is 6. The van der Waals surface area contributed by atoms with E-state index < -0.39 is 0 Å². The lowest BCUT2D eigenvalue weighted by Gasteiger charge is -2.41. The van der Waals surface area contributed by atoms with E-state index in [1.807, 2.05) is 62.3 Å². The van der Waals surface area contributed by atoms with Crippen molar-refractivity contribution in [2.24, 2.45) is 0 Å². The van der Waals surface area contributed by atoms with Gasteiger partial charge in [-0.15, -0.1) is 0 Å². The number of likely N-dealkylation sites (N-methyl/N-ethyl adjacent to an activating group) is 6. The number of aryl methyl sites for hydroxylation is 6. The summed E-state index contributed by atoms with van der Waals surface area (Å²) >= 11 is 0. The molecule has 0 aromatic carbocycles. The SMILES string of the molecule is CCCN(CC)C(C)(C)CNC(=O)c1cc(CC)on1.CCCN(CC)C(C)(C)CNC(=O)c1noc(CC)c1C.CCCN(CC)C(C)(CC)CNC(=O)c1cc(CC)on1.CCCN(CC)C(C)(CC)CNC(=O)c1noc(CC)c1C.CCCN(CC)C(C)(CCC)CNC(=O)c1cc(CC)on1.CCCN(CC)C(C)(CCC)CNC(=O)c1noc(CC)c1C. The van der Waals surface area contributed by atoms with Crippen molar-refractivity contribution in [2.75, 3.05) is 118 Å². The molecule has 4 atom stereocenters. The summed E-state index contributed by atoms with van der Waals surface area (Å²) in [6, 6.07) is 5.13. The van der Waals surface area contributed by atoms with Gasteiger partial charge >= 0.3 is 0 Å². The first-order chi connectivity index (χ1) is 61.2. The number of nitrogens with one attached hydrogen (secondary N) is 6. The van der Waals surface area contributed by atoms with Gasteiger partial charge in [-0.1, -0.05) is 196 Å². The number of amides is 6. The van der Waals surface area contributed by atoms with Crippen molar-refractivity contribution in [3.05, 3.63) is 104 Å². The average Bonchev–Trinajstić information content (AvgIpc) is 1.18. The summed E-state index contributed by atoms with van der Waals surface area (Å²) in [7, 11) is 0. The predicted molar refractivity (Wildman–Crippen MR) is 521 cm³/mol. The monoisotopic (exact) mass is 1810 g/mol. The van der Waals surface area contributed by atoms with Gasteiger partial charge < -0.3 is 59.0 Å². The molecule has 6 N–H and O–H groups in total. The molecular formula is C99H180N18O12. The Hall–Kier alpha value is -8.16. The molecular weight excluding hydrogens is 1630 g/mol. The third-order valence-corrected chi connectivity index (χ3v) is 25.1. The van der Waals surface area contributed by atoms with Crippen LogP contribution >= 0.6 is 0 Å². The summed E-state index contributed by atoms with van der Waals surface area (Å²) in [4.78, 5) is 88.0. The lowest BCUT2D eigenvalue weighted by molar-refractivity contribution is 0.0793. The van der Waals surface area contributed by atoms with Crippen LogP contribution in [-0.4, -0.2) is 247 Å². The first kappa shape index (κ1) is 119. The molecule has 4 unspecified atom stereocenters. The van der Waals surface area contributed by atoms with Crippen LogP contribution in [0.1, 0.15) is 399 Å². The minimum Gasteiger partial charge on any atom is -0.361 e. The number of rotatable bonds is 54. The van der Waals surface area contributed by atoms with Gasteiger partial charge in [0, 0.05) is 146 Å². The summed E-state index contributed by atoms with van der Waals surface area (Å²) < 4.78 is 30.9. The van der Waals surface area contributed by atoms with Crippen molar-refractivity contribution in [1.29, 1.82) is 0 Å². The van der Waals surface area contributed by atoms with Gasteiger partial charge in [-0.2, -0.15) is 0 Å². The summed E-state index contributed by atoms with van der Waals surface area (Å²) in [6.45, 7) is 85.6. The zero-order valence-corrected chi connectivity index (χ0v) is 87.0. The van der Waals surface area contributed by atoms with Crippen molar-refractivity contribution in [3.63, 3.8) is 0 Å². The van der Waals surface area contributed by atoms with Crippen LogP contribution in [-0.2, 0) is 38.5 Å². The van der Waals surface area contributed by atoms with Crippen LogP contribution < -0.4 is 31.9 Å². The smallest absolute Gasteiger partial charge is 0.273 e. The second-order valence-electron chi connectivity index (χ2n) is 35.8. The second kappa shape index (κ2) is 61.5. The van der Waals surface area contributed by atoms with Gasteiger partial charge in [0.05, 0.1) is 0 Å². The molecule has 0 saturated heterocycles. The fourth-order valence-electron chi connectivity index (χ4n) is 16.3. The van der Waals surface area contributed by atoms with Gasteiger partial charge in [0.1, 0.15) is 34.6 Å². The number of carbonyl (C=O) groups is 6. The summed E-state index contributed by atoms with van der Waals surface area (Å²) in [5.74, 6) is 3.62. The Kier molecular flexibility index (Phi) is 56.7. The second-order valence-corrected chi connectivity index (χ2v) is 35.8. The Bertz CT molecular complexity index is 4100. The Morgan fingerprint density at radius 1 is 0.271 bits per heavy atom. The van der Waals surface area contributed by atoms with Crippen molar-refractivity contribution < 1.29 is 55.9 Å². The highest BCUT2D eigenvalue weighted by Crippen LogP contribution is 2.27. The Morgan fingerprint density at radius 2 is 0.488 bits per heavy atom. The van der Waals surface area contributed by atoms with Crippen LogP contribution in [0.25, 0.3) is 0 Å². The fourth-order valence-corrected chi connectivity index (χ4v) is 16.3. The standard InChI is InChI=1S/C18H33N3O2.2C17H31N3O2.2C16H29N3O2.C15H27N3O2/c1-7-11-18(6,21(10-4)12-8-2)13-19-17(22)16-14(5)15(9-3)23-20-16;1-7-11-20(10-4)17(6,9-3)12-18-16(21)15-13(5)14(8-2)22-19-15;1-6-10-17(5,20(9-4)11-7-2)13-18-16(21)15-12-14(8-3)22-19-15;1-7-10-19(9-3)16(5,6)11-17-15(20)14-12(4)13(8-2)21-18-14;1-6-10-19(9-4)16(5,8-3)12-17-15(20)14-11-13(7-2)21-18-14;1-6-9-18(8-3)15(4,5)11-16-14(19)13-10-12(7-2)20-17-13/h7-13H2,1-6H3,(H,19,22);7-12H2,1-6H3,(H,18,21);12H,6-11,13H2,1-5H3,(H,18,21);7-11H2,1-6H3,(H,17,20);11H,6-10,12H2,1-5H3,(H,17,20);10H,6-9,11H2,1-5H3,(H,16,19). The molecule has 0 bridgehead atoms. The molecule has 6 amide bonds. The van der Waals surface area contributed by atoms with Crippen molar-refractivity contribution in [2.45, 2.75) is 377 Å². The minimum absolute atomic E-state index is 0.0213. The van der Waals surface area contributed by atoms with E-state index >= 15 is 0 Å². The molecule has 0 saturated carbocycles. The number of hydrogen-bond donors (Lipinski definition) is 6. The van der Waals surface area contributed by atoms with Gasteiger partial charge in [0.25, 0.3) is 35.4 Å². The Labute approximate surface area is 778 Å². The van der Waals surface area contributed by atoms with E-state index in [1.165, 1.54) is 0 Å². The lowest BCUT2D eigenvalue weighted by atomic mass is 9.93. The van der Waals surface area contributed by atoms with E-state index in [2.05, 4.69) is 258 Å². The maximum Gasteiger partial charge on any atom is 0.273 e. The molecule has 129 heavy (non-hydrogen) atoms. The first-order valence-corrected chi connectivity index (χ1v) is 49.1. The highest BCUT2D eigenvalue weighted by molar-refractivity contribution is 5.95. The predicted octanol–water partition coefficient (Wildman–Crippen LogP) is 18.1.